The molecular weight excluding hydrogens is 598 g/mol. The van der Waals surface area contributed by atoms with Crippen LogP contribution in [0.5, 0.6) is 11.5 Å². The minimum atomic E-state index is -0.583. The molecule has 0 bridgehead atoms. The van der Waals surface area contributed by atoms with E-state index in [2.05, 4.69) is 15.8 Å². The molecule has 5 rings (SSSR count). The molecule has 2 amide bonds. The average Bonchev–Trinajstić information content (AvgIpc) is 3.38. The summed E-state index contributed by atoms with van der Waals surface area (Å²) in [6.45, 7) is 2.15. The third-order valence-electron chi connectivity index (χ3n) is 6.21. The van der Waals surface area contributed by atoms with Gasteiger partial charge in [0, 0.05) is 27.4 Å². The maximum absolute atomic E-state index is 12.9. The van der Waals surface area contributed by atoms with E-state index in [1.807, 2.05) is 61.5 Å². The molecule has 10 heteroatoms. The van der Waals surface area contributed by atoms with Gasteiger partial charge in [0.15, 0.2) is 11.5 Å². The van der Waals surface area contributed by atoms with Gasteiger partial charge in [-0.1, -0.05) is 60.1 Å². The van der Waals surface area contributed by atoms with Crippen LogP contribution in [0, 0.1) is 0 Å². The third kappa shape index (κ3) is 7.57. The van der Waals surface area contributed by atoms with Gasteiger partial charge in [-0.3, -0.25) is 9.59 Å². The van der Waals surface area contributed by atoms with E-state index in [0.29, 0.717) is 39.1 Å². The molecule has 4 aromatic carbocycles. The van der Waals surface area contributed by atoms with Gasteiger partial charge in [-0.25, -0.2) is 10.2 Å². The van der Waals surface area contributed by atoms with Crippen molar-refractivity contribution >= 4 is 68.8 Å². The van der Waals surface area contributed by atoms with E-state index in [1.165, 1.54) is 23.6 Å². The van der Waals surface area contributed by atoms with Gasteiger partial charge in [-0.2, -0.15) is 5.10 Å². The monoisotopic (exact) mass is 623 g/mol. The quantitative estimate of drug-likeness (QED) is 0.0548. The topological polar surface area (TPSA) is 106 Å². The molecule has 5 aromatic rings. The number of thiophene rings is 1. The largest absolute Gasteiger partial charge is 0.490 e. The zero-order chi connectivity index (χ0) is 30.9. The Morgan fingerprint density at radius 2 is 1.64 bits per heavy atom. The van der Waals surface area contributed by atoms with Gasteiger partial charge in [0.2, 0.25) is 5.91 Å². The van der Waals surface area contributed by atoms with Crippen LogP contribution in [0.3, 0.4) is 0 Å². The fourth-order valence-electron chi connectivity index (χ4n) is 4.10. The number of halogens is 1. The lowest BCUT2D eigenvalue weighted by molar-refractivity contribution is -0.111. The molecule has 0 fully saturated rings. The van der Waals surface area contributed by atoms with Crippen LogP contribution >= 0.6 is 22.9 Å². The highest BCUT2D eigenvalue weighted by Gasteiger charge is 2.20. The molecule has 0 unspecified atom stereocenters. The zero-order valence-corrected chi connectivity index (χ0v) is 25.0. The molecule has 1 heterocycles. The number of amides is 2. The number of benzene rings is 4. The van der Waals surface area contributed by atoms with Crippen LogP contribution in [-0.2, 0) is 4.79 Å². The number of hydrogen-bond acceptors (Lipinski definition) is 7. The van der Waals surface area contributed by atoms with E-state index in [0.717, 1.165) is 15.6 Å². The summed E-state index contributed by atoms with van der Waals surface area (Å²) in [5, 5.41) is 7.93. The SMILES string of the molecule is CCOc1cc(/C=N\NC(=O)c2ccc(NC(=O)/C=C/c3ccccc3)cc2)ccc1OC(=O)c1sc2ccccc2c1Cl. The molecule has 0 atom stereocenters. The summed E-state index contributed by atoms with van der Waals surface area (Å²) in [6, 6.07) is 28.3. The Hall–Kier alpha value is -5.25. The van der Waals surface area contributed by atoms with Crippen molar-refractivity contribution < 1.29 is 23.9 Å². The first-order chi connectivity index (χ1) is 21.4. The Morgan fingerprint density at radius 1 is 0.886 bits per heavy atom. The fraction of sp³-hybridized carbons (Fsp3) is 0.0588. The van der Waals surface area contributed by atoms with Crippen LogP contribution in [0.15, 0.2) is 108 Å². The lowest BCUT2D eigenvalue weighted by atomic mass is 10.2. The number of hydrogen-bond donors (Lipinski definition) is 2. The number of fused-ring (bicyclic) bond motifs is 1. The normalized spacial score (nSPS) is 11.1. The standard InChI is InChI=1S/C34H26ClN3O5S/c1-2-42-28-20-23(12-18-27(28)43-34(41)32-31(35)26-10-6-7-11-29(26)44-32)21-36-38-33(40)24-14-16-25(17-15-24)37-30(39)19-13-22-8-4-3-5-9-22/h3-21H,2H2,1H3,(H,37,39)(H,38,40)/b19-13+,36-21-. The Kier molecular flexibility index (Phi) is 9.81. The summed E-state index contributed by atoms with van der Waals surface area (Å²) < 4.78 is 12.2. The number of esters is 1. The van der Waals surface area contributed by atoms with E-state index in [1.54, 1.807) is 48.5 Å². The number of carbonyl (C=O) groups is 3. The first kappa shape index (κ1) is 30.2. The minimum absolute atomic E-state index is 0.231. The first-order valence-corrected chi connectivity index (χ1v) is 14.7. The number of nitrogens with one attached hydrogen (secondary N) is 2. The van der Waals surface area contributed by atoms with Crippen molar-refractivity contribution in [2.24, 2.45) is 5.10 Å². The van der Waals surface area contributed by atoms with E-state index >= 15 is 0 Å². The number of ether oxygens (including phenoxy) is 2. The summed E-state index contributed by atoms with van der Waals surface area (Å²) in [5.41, 5.74) is 4.90. The fourth-order valence-corrected chi connectivity index (χ4v) is 5.49. The van der Waals surface area contributed by atoms with Crippen molar-refractivity contribution in [1.29, 1.82) is 0 Å². The highest BCUT2D eigenvalue weighted by molar-refractivity contribution is 7.21. The summed E-state index contributed by atoms with van der Waals surface area (Å²) in [4.78, 5) is 38.0. The molecule has 0 aliphatic carbocycles. The molecular formula is C34H26ClN3O5S. The summed E-state index contributed by atoms with van der Waals surface area (Å²) in [7, 11) is 0. The van der Waals surface area contributed by atoms with E-state index in [-0.39, 0.29) is 11.7 Å². The van der Waals surface area contributed by atoms with Crippen LogP contribution in [-0.4, -0.2) is 30.6 Å². The average molecular weight is 624 g/mol. The Labute approximate surface area is 262 Å². The Bertz CT molecular complexity index is 1870. The summed E-state index contributed by atoms with van der Waals surface area (Å²) in [5.74, 6) is -0.732. The van der Waals surface area contributed by atoms with Gasteiger partial charge in [-0.15, -0.1) is 11.3 Å². The van der Waals surface area contributed by atoms with Gasteiger partial charge in [-0.05, 0) is 72.7 Å². The zero-order valence-electron chi connectivity index (χ0n) is 23.5. The van der Waals surface area contributed by atoms with Crippen LogP contribution in [0.2, 0.25) is 5.02 Å². The predicted molar refractivity (Wildman–Crippen MR) is 175 cm³/mol. The van der Waals surface area contributed by atoms with Gasteiger partial charge >= 0.3 is 5.97 Å². The minimum Gasteiger partial charge on any atom is -0.490 e. The van der Waals surface area contributed by atoms with Crippen molar-refractivity contribution in [2.75, 3.05) is 11.9 Å². The van der Waals surface area contributed by atoms with E-state index < -0.39 is 11.9 Å². The van der Waals surface area contributed by atoms with Crippen LogP contribution in [0.1, 0.15) is 38.1 Å². The molecule has 44 heavy (non-hydrogen) atoms. The Morgan fingerprint density at radius 3 is 2.39 bits per heavy atom. The maximum Gasteiger partial charge on any atom is 0.355 e. The number of rotatable bonds is 10. The van der Waals surface area contributed by atoms with E-state index in [4.69, 9.17) is 21.1 Å². The second-order valence-electron chi connectivity index (χ2n) is 9.28. The summed E-state index contributed by atoms with van der Waals surface area (Å²) >= 11 is 7.70. The van der Waals surface area contributed by atoms with Crippen molar-refractivity contribution in [1.82, 2.24) is 5.43 Å². The van der Waals surface area contributed by atoms with E-state index in [9.17, 15) is 14.4 Å². The third-order valence-corrected chi connectivity index (χ3v) is 7.87. The molecule has 0 aliphatic rings. The molecule has 0 spiro atoms. The van der Waals surface area contributed by atoms with Crippen molar-refractivity contribution in [3.05, 3.63) is 130 Å². The molecule has 8 nitrogen and oxygen atoms in total. The van der Waals surface area contributed by atoms with Crippen molar-refractivity contribution in [2.45, 2.75) is 6.92 Å². The second kappa shape index (κ2) is 14.3. The predicted octanol–water partition coefficient (Wildman–Crippen LogP) is 7.59. The highest BCUT2D eigenvalue weighted by Crippen LogP contribution is 2.37. The first-order valence-electron chi connectivity index (χ1n) is 13.5. The molecule has 0 saturated heterocycles. The number of anilines is 1. The number of carbonyl (C=O) groups excluding carboxylic acids is 3. The second-order valence-corrected chi connectivity index (χ2v) is 10.7. The van der Waals surface area contributed by atoms with Crippen LogP contribution < -0.4 is 20.2 Å². The Balaban J connectivity index is 1.18. The molecule has 0 radical (unpaired) electrons. The smallest absolute Gasteiger partial charge is 0.355 e. The lowest BCUT2D eigenvalue weighted by Crippen LogP contribution is -2.17. The van der Waals surface area contributed by atoms with Crippen molar-refractivity contribution in [3.63, 3.8) is 0 Å². The van der Waals surface area contributed by atoms with Gasteiger partial charge in [0.05, 0.1) is 17.8 Å². The van der Waals surface area contributed by atoms with Crippen molar-refractivity contribution in [3.8, 4) is 11.5 Å². The maximum atomic E-state index is 12.9. The molecule has 0 aliphatic heterocycles. The van der Waals surface area contributed by atoms with Gasteiger partial charge in [0.25, 0.3) is 5.91 Å². The highest BCUT2D eigenvalue weighted by atomic mass is 35.5. The van der Waals surface area contributed by atoms with Crippen LogP contribution in [0.25, 0.3) is 16.2 Å². The number of hydrazone groups is 1. The van der Waals surface area contributed by atoms with Gasteiger partial charge < -0.3 is 14.8 Å². The lowest BCUT2D eigenvalue weighted by Gasteiger charge is -2.11. The molecule has 0 saturated carbocycles. The summed E-state index contributed by atoms with van der Waals surface area (Å²) in [6.07, 6.45) is 4.61. The van der Waals surface area contributed by atoms with Crippen LogP contribution in [0.4, 0.5) is 5.69 Å². The number of nitrogens with zero attached hydrogens (tertiary/aromatic N) is 1. The molecule has 2 N–H and O–H groups in total. The molecule has 220 valence electrons. The molecule has 1 aromatic heterocycles. The van der Waals surface area contributed by atoms with Gasteiger partial charge in [0.1, 0.15) is 4.88 Å².